The van der Waals surface area contributed by atoms with Gasteiger partial charge < -0.3 is 20.5 Å². The Labute approximate surface area is 185 Å². The number of aliphatic hydroxyl groups excluding tert-OH is 1. The minimum absolute atomic E-state index is 0.0272. The average molecular weight is 465 g/mol. The van der Waals surface area contributed by atoms with E-state index in [4.69, 9.17) is 4.74 Å². The van der Waals surface area contributed by atoms with Crippen LogP contribution in [0.5, 0.6) is 5.75 Å². The highest BCUT2D eigenvalue weighted by atomic mass is 19.4. The van der Waals surface area contributed by atoms with Crippen LogP contribution in [-0.2, 0) is 14.4 Å². The number of ether oxygens (including phenoxy) is 1. The number of methoxy groups -OCH3 is 1. The van der Waals surface area contributed by atoms with Gasteiger partial charge in [0.05, 0.1) is 18.4 Å². The third-order valence-corrected chi connectivity index (χ3v) is 4.82. The van der Waals surface area contributed by atoms with Crippen molar-refractivity contribution in [1.29, 1.82) is 0 Å². The first-order valence-electron chi connectivity index (χ1n) is 9.64. The van der Waals surface area contributed by atoms with E-state index in [1.54, 1.807) is 5.32 Å². The van der Waals surface area contributed by atoms with Crippen molar-refractivity contribution in [3.05, 3.63) is 46.9 Å². The highest BCUT2D eigenvalue weighted by Crippen LogP contribution is 2.29. The predicted octanol–water partition coefficient (Wildman–Crippen LogP) is 2.05. The van der Waals surface area contributed by atoms with Gasteiger partial charge in [-0.05, 0) is 18.2 Å². The number of nitrogens with one attached hydrogen (secondary N) is 2. The van der Waals surface area contributed by atoms with Crippen molar-refractivity contribution in [1.82, 2.24) is 5.32 Å². The number of carbonyl (C=O) groups is 4. The second-order valence-corrected chi connectivity index (χ2v) is 7.01. The average Bonchev–Trinajstić information content (AvgIpc) is 2.76. The molecule has 1 aromatic rings. The molecular weight excluding hydrogens is 447 g/mol. The van der Waals surface area contributed by atoms with E-state index in [1.807, 2.05) is 0 Å². The lowest BCUT2D eigenvalue weighted by Crippen LogP contribution is -2.37. The minimum Gasteiger partial charge on any atom is -0.505 e. The van der Waals surface area contributed by atoms with Crippen LogP contribution in [0.25, 0.3) is 0 Å². The summed E-state index contributed by atoms with van der Waals surface area (Å²) in [5.41, 5.74) is -0.434. The molecule has 174 valence electrons. The summed E-state index contributed by atoms with van der Waals surface area (Å²) < 4.78 is 42.0. The van der Waals surface area contributed by atoms with Crippen molar-refractivity contribution in [2.45, 2.75) is 19.0 Å². The summed E-state index contributed by atoms with van der Waals surface area (Å²) in [6.07, 6.45) is -4.49. The lowest BCUT2D eigenvalue weighted by molar-refractivity contribution is -0.173. The maximum absolute atomic E-state index is 12.7. The smallest absolute Gasteiger partial charge is 0.471 e. The number of amides is 1. The number of halogens is 3. The van der Waals surface area contributed by atoms with Gasteiger partial charge in [0, 0.05) is 43.3 Å². The van der Waals surface area contributed by atoms with Crippen LogP contribution < -0.4 is 15.4 Å². The van der Waals surface area contributed by atoms with Crippen LogP contribution in [0.2, 0.25) is 0 Å². The highest BCUT2D eigenvalue weighted by molar-refractivity contribution is 6.56. The number of aliphatic hydroxyl groups is 1. The molecule has 0 fully saturated rings. The molecule has 0 radical (unpaired) electrons. The fraction of sp³-hybridized carbons (Fsp3) is 0.286. The van der Waals surface area contributed by atoms with Crippen LogP contribution in [0.4, 0.5) is 18.9 Å². The number of ketones is 3. The van der Waals surface area contributed by atoms with Crippen LogP contribution in [0.15, 0.2) is 46.3 Å². The number of anilines is 1. The number of allylic oxidation sites excluding steroid dienone is 2. The van der Waals surface area contributed by atoms with E-state index >= 15 is 0 Å². The SMILES string of the molecule is COc1ccc(NC2=CC(=O)C3=NCCC(=O)C3=C2O)c(C(=O)CCNC(=O)C(F)(F)F)c1. The Balaban J connectivity index is 1.86. The van der Waals surface area contributed by atoms with Gasteiger partial charge in [0.25, 0.3) is 0 Å². The molecule has 0 aromatic heterocycles. The highest BCUT2D eigenvalue weighted by Gasteiger charge is 2.38. The normalized spacial score (nSPS) is 16.0. The molecule has 0 saturated heterocycles. The molecule has 0 spiro atoms. The molecule has 1 amide bonds. The van der Waals surface area contributed by atoms with Crippen molar-refractivity contribution >= 4 is 34.7 Å². The predicted molar refractivity (Wildman–Crippen MR) is 109 cm³/mol. The van der Waals surface area contributed by atoms with Crippen molar-refractivity contribution in [3.8, 4) is 5.75 Å². The van der Waals surface area contributed by atoms with E-state index in [1.165, 1.54) is 25.3 Å². The number of alkyl halides is 3. The Kier molecular flexibility index (Phi) is 6.65. The Morgan fingerprint density at radius 3 is 2.64 bits per heavy atom. The number of hydrogen-bond donors (Lipinski definition) is 3. The van der Waals surface area contributed by atoms with Gasteiger partial charge in [0.15, 0.2) is 17.3 Å². The second kappa shape index (κ2) is 9.27. The second-order valence-electron chi connectivity index (χ2n) is 7.01. The summed E-state index contributed by atoms with van der Waals surface area (Å²) in [6, 6.07) is 4.18. The molecule has 3 N–H and O–H groups in total. The number of nitrogens with zero attached hydrogens (tertiary/aromatic N) is 1. The minimum atomic E-state index is -5.07. The summed E-state index contributed by atoms with van der Waals surface area (Å²) in [5, 5.41) is 14.9. The molecule has 1 aromatic carbocycles. The number of carbonyl (C=O) groups excluding carboxylic acids is 4. The molecule has 1 aliphatic carbocycles. The first kappa shape index (κ1) is 23.7. The van der Waals surface area contributed by atoms with E-state index in [0.717, 1.165) is 6.08 Å². The molecule has 0 bridgehead atoms. The maximum Gasteiger partial charge on any atom is 0.471 e. The number of benzene rings is 1. The monoisotopic (exact) mass is 465 g/mol. The number of aliphatic imine (C=N–C) groups is 1. The molecule has 1 aliphatic heterocycles. The van der Waals surface area contributed by atoms with E-state index in [-0.39, 0.29) is 46.9 Å². The first-order chi connectivity index (χ1) is 15.5. The summed E-state index contributed by atoms with van der Waals surface area (Å²) in [6.45, 7) is -0.437. The molecule has 12 heteroatoms. The molecule has 9 nitrogen and oxygen atoms in total. The molecule has 0 atom stereocenters. The molecule has 33 heavy (non-hydrogen) atoms. The summed E-state index contributed by atoms with van der Waals surface area (Å²) in [5.74, 6) is -4.12. The van der Waals surface area contributed by atoms with Crippen LogP contribution >= 0.6 is 0 Å². The molecule has 1 heterocycles. The lowest BCUT2D eigenvalue weighted by Gasteiger charge is -2.22. The van der Waals surface area contributed by atoms with Crippen molar-refractivity contribution in [2.24, 2.45) is 4.99 Å². The zero-order valence-electron chi connectivity index (χ0n) is 17.2. The Morgan fingerprint density at radius 1 is 1.24 bits per heavy atom. The quantitative estimate of drug-likeness (QED) is 0.415. The zero-order chi connectivity index (χ0) is 24.3. The van der Waals surface area contributed by atoms with Gasteiger partial charge in [-0.1, -0.05) is 0 Å². The lowest BCUT2D eigenvalue weighted by atomic mass is 9.90. The summed E-state index contributed by atoms with van der Waals surface area (Å²) in [7, 11) is 1.34. The Bertz CT molecular complexity index is 1130. The van der Waals surface area contributed by atoms with Gasteiger partial charge in [-0.25, -0.2) is 0 Å². The van der Waals surface area contributed by atoms with Gasteiger partial charge in [-0.2, -0.15) is 13.2 Å². The van der Waals surface area contributed by atoms with Gasteiger partial charge in [0.1, 0.15) is 11.5 Å². The number of rotatable bonds is 7. The summed E-state index contributed by atoms with van der Waals surface area (Å²) in [4.78, 5) is 52.1. The fourth-order valence-corrected chi connectivity index (χ4v) is 3.21. The largest absolute Gasteiger partial charge is 0.505 e. The van der Waals surface area contributed by atoms with Gasteiger partial charge >= 0.3 is 12.1 Å². The van der Waals surface area contributed by atoms with Crippen LogP contribution in [0.1, 0.15) is 23.2 Å². The molecule has 0 saturated carbocycles. The van der Waals surface area contributed by atoms with Crippen molar-refractivity contribution in [2.75, 3.05) is 25.5 Å². The van der Waals surface area contributed by atoms with E-state index in [2.05, 4.69) is 10.3 Å². The standard InChI is InChI=1S/C21H18F3N3O6/c1-33-10-2-3-12(11(8-10)14(28)4-7-26-20(32)21(22,23)24)27-13-9-16(30)18-17(19(13)31)15(29)5-6-25-18/h2-3,8-9,27,31H,4-7H2,1H3,(H,26,32). The van der Waals surface area contributed by atoms with E-state index in [0.29, 0.717) is 0 Å². The number of hydrogen-bond acceptors (Lipinski definition) is 8. The Morgan fingerprint density at radius 2 is 1.97 bits per heavy atom. The van der Waals surface area contributed by atoms with Crippen LogP contribution in [-0.4, -0.2) is 60.5 Å². The number of fused-ring (bicyclic) bond motifs is 1. The van der Waals surface area contributed by atoms with Gasteiger partial charge in [-0.3, -0.25) is 24.2 Å². The topological polar surface area (TPSA) is 134 Å². The Hall–Kier alpha value is -3.96. The van der Waals surface area contributed by atoms with E-state index in [9.17, 15) is 37.5 Å². The maximum atomic E-state index is 12.7. The molecule has 0 unspecified atom stereocenters. The van der Waals surface area contributed by atoms with Crippen LogP contribution in [0.3, 0.4) is 0 Å². The zero-order valence-corrected chi connectivity index (χ0v) is 17.2. The van der Waals surface area contributed by atoms with Crippen molar-refractivity contribution < 1.29 is 42.2 Å². The van der Waals surface area contributed by atoms with Gasteiger partial charge in [0.2, 0.25) is 5.78 Å². The summed E-state index contributed by atoms with van der Waals surface area (Å²) >= 11 is 0. The van der Waals surface area contributed by atoms with Crippen LogP contribution in [0, 0.1) is 0 Å². The van der Waals surface area contributed by atoms with E-state index < -0.39 is 48.2 Å². The third-order valence-electron chi connectivity index (χ3n) is 4.82. The third kappa shape index (κ3) is 5.10. The number of Topliss-reactive ketones (excluding diaryl/α,β-unsaturated/α-hetero) is 2. The molecule has 3 rings (SSSR count). The van der Waals surface area contributed by atoms with Gasteiger partial charge in [-0.15, -0.1) is 0 Å². The fourth-order valence-electron chi connectivity index (χ4n) is 3.21. The van der Waals surface area contributed by atoms with Crippen molar-refractivity contribution in [3.63, 3.8) is 0 Å². The molecular formula is C21H18F3N3O6. The molecule has 2 aliphatic rings. The first-order valence-corrected chi connectivity index (χ1v) is 9.64.